The Labute approximate surface area is 253 Å². The van der Waals surface area contributed by atoms with Crippen LogP contribution in [0, 0.1) is 0 Å². The normalized spacial score (nSPS) is 19.6. The summed E-state index contributed by atoms with van der Waals surface area (Å²) >= 11 is -2.16. The van der Waals surface area contributed by atoms with E-state index in [1.807, 2.05) is 0 Å². The maximum atomic E-state index is 6.62. The van der Waals surface area contributed by atoms with Gasteiger partial charge in [0.05, 0.1) is 0 Å². The molecule has 2 nitrogen and oxygen atoms in total. The SMILES string of the molecule is CC1=C(C)[CH]([Zr+2]([CH]2C(c3ccc([Si](C)(C)C)o3)=CC(C)=C2C)=[Si](C)C)C(c2ccc([Si](C)(C)C)o2)=C1.[Cl-].[Cl-]. The standard InChI is InChI=1S/2C14H19OSi.C2H6Si.2ClH.Zr/c2*1-10-8-12(9-11(10)2)13-6-7-14(15-13)16(3,4)5;1-3-2;;;/h2*6-9H,1-5H3;1-2H3;2*1H;/q;;;;;+2/p-2. The quantitative estimate of drug-likeness (QED) is 0.439. The van der Waals surface area contributed by atoms with E-state index in [1.54, 1.807) is 11.1 Å². The molecule has 0 bridgehead atoms. The molecule has 0 N–H and O–H groups in total. The van der Waals surface area contributed by atoms with Crippen molar-refractivity contribution in [3.8, 4) is 0 Å². The summed E-state index contributed by atoms with van der Waals surface area (Å²) in [6.07, 6.45) is 4.91. The Morgan fingerprint density at radius 1 is 0.632 bits per heavy atom. The molecule has 4 rings (SSSR count). The fourth-order valence-corrected chi connectivity index (χ4v) is 28.6. The van der Waals surface area contributed by atoms with Crippen LogP contribution in [0.15, 0.2) is 67.5 Å². The van der Waals surface area contributed by atoms with Crippen LogP contribution in [0.5, 0.6) is 0 Å². The fourth-order valence-electron chi connectivity index (χ4n) is 5.55. The molecule has 0 amide bonds. The maximum Gasteiger partial charge on any atom is -1.00 e. The van der Waals surface area contributed by atoms with E-state index in [1.165, 1.54) is 33.1 Å². The first-order valence-corrected chi connectivity index (χ1v) is 29.3. The number of halogens is 2. The zero-order valence-corrected chi connectivity index (χ0v) is 32.2. The van der Waals surface area contributed by atoms with Gasteiger partial charge in [-0.15, -0.1) is 0 Å². The van der Waals surface area contributed by atoms with Gasteiger partial charge < -0.3 is 24.8 Å². The van der Waals surface area contributed by atoms with Crippen molar-refractivity contribution >= 4 is 43.5 Å². The molecule has 2 aromatic rings. The summed E-state index contributed by atoms with van der Waals surface area (Å²) in [6, 6.07) is 9.05. The largest absolute Gasteiger partial charge is 1.00 e. The molecular formula is C30H44Cl2O2Si3Zr. The first-order valence-electron chi connectivity index (χ1n) is 13.3. The van der Waals surface area contributed by atoms with E-state index >= 15 is 0 Å². The van der Waals surface area contributed by atoms with Gasteiger partial charge in [-0.2, -0.15) is 0 Å². The first-order chi connectivity index (χ1) is 16.6. The van der Waals surface area contributed by atoms with Gasteiger partial charge in [-0.1, -0.05) is 0 Å². The molecule has 0 spiro atoms. The second-order valence-corrected chi connectivity index (χ2v) is 40.9. The smallest absolute Gasteiger partial charge is 1.00 e. The molecule has 2 unspecified atom stereocenters. The van der Waals surface area contributed by atoms with Crippen LogP contribution in [0.2, 0.25) is 59.6 Å². The second kappa shape index (κ2) is 12.2. The van der Waals surface area contributed by atoms with Gasteiger partial charge in [0.25, 0.3) is 0 Å². The Hall–Kier alpha value is -0.366. The van der Waals surface area contributed by atoms with Crippen molar-refractivity contribution in [3.05, 3.63) is 70.2 Å². The van der Waals surface area contributed by atoms with Crippen molar-refractivity contribution in [2.75, 3.05) is 0 Å². The summed E-state index contributed by atoms with van der Waals surface area (Å²) in [4.78, 5) is 0. The third-order valence-electron chi connectivity index (χ3n) is 7.93. The van der Waals surface area contributed by atoms with Crippen LogP contribution in [0.4, 0.5) is 0 Å². The molecule has 0 radical (unpaired) electrons. The van der Waals surface area contributed by atoms with Gasteiger partial charge in [-0.3, -0.25) is 0 Å². The van der Waals surface area contributed by atoms with Crippen molar-refractivity contribution < 1.29 is 54.0 Å². The zero-order chi connectivity index (χ0) is 26.7. The minimum atomic E-state index is -2.16. The Bertz CT molecular complexity index is 1270. The molecular weight excluding hydrogens is 639 g/mol. The number of allylic oxidation sites excluding steroid dienone is 8. The van der Waals surface area contributed by atoms with E-state index in [4.69, 9.17) is 8.83 Å². The van der Waals surface area contributed by atoms with Gasteiger partial charge in [0.15, 0.2) is 0 Å². The number of furan rings is 2. The molecule has 2 aliphatic rings. The van der Waals surface area contributed by atoms with Crippen LogP contribution in [0.25, 0.3) is 11.1 Å². The molecule has 2 heterocycles. The van der Waals surface area contributed by atoms with E-state index < -0.39 is 41.9 Å². The van der Waals surface area contributed by atoms with Gasteiger partial charge in [0, 0.05) is 0 Å². The predicted molar refractivity (Wildman–Crippen MR) is 161 cm³/mol. The van der Waals surface area contributed by atoms with Crippen LogP contribution in [0.1, 0.15) is 39.2 Å². The summed E-state index contributed by atoms with van der Waals surface area (Å²) in [6.45, 7) is 28.8. The average Bonchev–Trinajstić information content (AvgIpc) is 3.52. The number of rotatable bonds is 6. The monoisotopic (exact) mass is 680 g/mol. The van der Waals surface area contributed by atoms with Crippen LogP contribution >= 0.6 is 0 Å². The summed E-state index contributed by atoms with van der Waals surface area (Å²) in [7, 11) is -2.99. The molecule has 38 heavy (non-hydrogen) atoms. The van der Waals surface area contributed by atoms with Crippen LogP contribution in [-0.4, -0.2) is 21.6 Å². The van der Waals surface area contributed by atoms with Gasteiger partial charge in [-0.25, -0.2) is 0 Å². The third kappa shape index (κ3) is 6.41. The topological polar surface area (TPSA) is 26.3 Å². The van der Waals surface area contributed by atoms with E-state index in [0.29, 0.717) is 7.25 Å². The minimum absolute atomic E-state index is 0. The summed E-state index contributed by atoms with van der Waals surface area (Å²) in [5, 5.41) is 2.43. The molecule has 0 saturated carbocycles. The average molecular weight is 683 g/mol. The molecule has 8 heteroatoms. The third-order valence-corrected chi connectivity index (χ3v) is 31.2. The van der Waals surface area contributed by atoms with E-state index in [9.17, 15) is 0 Å². The molecule has 0 saturated heterocycles. The Morgan fingerprint density at radius 3 is 1.24 bits per heavy atom. The zero-order valence-electron chi connectivity index (χ0n) is 25.2. The van der Waals surface area contributed by atoms with Crippen LogP contribution < -0.4 is 35.6 Å². The minimum Gasteiger partial charge on any atom is -1.00 e. The van der Waals surface area contributed by atoms with Gasteiger partial charge >= 0.3 is 230 Å². The molecule has 2 atom stereocenters. The summed E-state index contributed by atoms with van der Waals surface area (Å²) in [5.41, 5.74) is 8.52. The van der Waals surface area contributed by atoms with E-state index in [-0.39, 0.29) is 24.8 Å². The molecule has 206 valence electrons. The van der Waals surface area contributed by atoms with Crippen LogP contribution in [-0.2, 0) is 20.4 Å². The Balaban J connectivity index is 0.00000253. The van der Waals surface area contributed by atoms with E-state index in [0.717, 1.165) is 11.5 Å². The number of hydrogen-bond acceptors (Lipinski definition) is 2. The molecule has 2 aromatic heterocycles. The van der Waals surface area contributed by atoms with Crippen molar-refractivity contribution in [1.82, 2.24) is 0 Å². The Kier molecular flexibility index (Phi) is 10.9. The van der Waals surface area contributed by atoms with Gasteiger partial charge in [0.2, 0.25) is 0 Å². The molecule has 0 aliphatic heterocycles. The van der Waals surface area contributed by atoms with Gasteiger partial charge in [0.1, 0.15) is 0 Å². The van der Waals surface area contributed by atoms with Crippen molar-refractivity contribution in [3.63, 3.8) is 0 Å². The van der Waals surface area contributed by atoms with E-state index in [2.05, 4.69) is 116 Å². The van der Waals surface area contributed by atoms with Crippen LogP contribution in [0.3, 0.4) is 0 Å². The second-order valence-electron chi connectivity index (χ2n) is 13.1. The molecule has 2 aliphatic carbocycles. The Morgan fingerprint density at radius 2 is 0.974 bits per heavy atom. The van der Waals surface area contributed by atoms with Crippen molar-refractivity contribution in [1.29, 1.82) is 0 Å². The molecule has 0 aromatic carbocycles. The van der Waals surface area contributed by atoms with Crippen molar-refractivity contribution in [2.24, 2.45) is 0 Å². The fraction of sp³-hybridized carbons (Fsp3) is 0.467. The van der Waals surface area contributed by atoms with Gasteiger partial charge in [-0.05, 0) is 0 Å². The van der Waals surface area contributed by atoms with Crippen molar-refractivity contribution in [2.45, 2.75) is 87.3 Å². The summed E-state index contributed by atoms with van der Waals surface area (Å²) in [5.74, 6) is 2.24. The maximum absolute atomic E-state index is 6.62. The molecule has 0 fully saturated rings. The number of hydrogen-bond donors (Lipinski definition) is 0. The first kappa shape index (κ1) is 33.8. The summed E-state index contributed by atoms with van der Waals surface area (Å²) < 4.78 is 14.4. The predicted octanol–water partition coefficient (Wildman–Crippen LogP) is 2.58.